The highest BCUT2D eigenvalue weighted by Gasteiger charge is 2.25. The number of benzene rings is 3. The monoisotopic (exact) mass is 657 g/mol. The average molecular weight is 659 g/mol. The normalized spacial score (nSPS) is 14.3. The van der Waals surface area contributed by atoms with Crippen molar-refractivity contribution in [1.29, 1.82) is 0 Å². The quantitative estimate of drug-likeness (QED) is 0.159. The minimum Gasteiger partial charge on any atom is -0.493 e. The molecule has 0 atom stereocenters. The van der Waals surface area contributed by atoms with Crippen molar-refractivity contribution in [2.75, 3.05) is 7.11 Å². The molecule has 0 amide bonds. The van der Waals surface area contributed by atoms with Gasteiger partial charge >= 0.3 is 5.97 Å². The zero-order valence-corrected chi connectivity index (χ0v) is 22.3. The second-order valence-corrected chi connectivity index (χ2v) is 9.71. The van der Waals surface area contributed by atoms with Crippen LogP contribution in [0.25, 0.3) is 6.08 Å². The number of halogens is 4. The summed E-state index contributed by atoms with van der Waals surface area (Å²) in [4.78, 5) is 16.7. The first-order valence-electron chi connectivity index (χ1n) is 9.57. The summed E-state index contributed by atoms with van der Waals surface area (Å²) in [6.07, 6.45) is 1.63. The van der Waals surface area contributed by atoms with Crippen LogP contribution in [-0.4, -0.2) is 19.0 Å². The summed E-state index contributed by atoms with van der Waals surface area (Å²) < 4.78 is 18.7. The zero-order valence-electron chi connectivity index (χ0n) is 17.1. The van der Waals surface area contributed by atoms with E-state index in [1.165, 1.54) is 0 Å². The lowest BCUT2D eigenvalue weighted by molar-refractivity contribution is -0.129. The lowest BCUT2D eigenvalue weighted by atomic mass is 10.1. The molecule has 5 nitrogen and oxygen atoms in total. The average Bonchev–Trinajstić information content (AvgIpc) is 3.15. The number of hydrogen-bond acceptors (Lipinski definition) is 5. The number of carbonyl (C=O) groups excluding carboxylic acids is 1. The minimum absolute atomic E-state index is 0.163. The molecule has 0 bridgehead atoms. The smallest absolute Gasteiger partial charge is 0.363 e. The number of nitrogens with zero attached hydrogens (tertiary/aromatic N) is 1. The van der Waals surface area contributed by atoms with E-state index in [4.69, 9.17) is 37.4 Å². The van der Waals surface area contributed by atoms with Crippen molar-refractivity contribution in [2.45, 2.75) is 6.61 Å². The van der Waals surface area contributed by atoms with Gasteiger partial charge in [0.2, 0.25) is 5.90 Å². The van der Waals surface area contributed by atoms with Crippen molar-refractivity contribution < 1.29 is 19.0 Å². The molecule has 0 aliphatic carbocycles. The first kappa shape index (κ1) is 24.1. The van der Waals surface area contributed by atoms with Gasteiger partial charge in [-0.1, -0.05) is 57.3 Å². The molecule has 3 aromatic rings. The summed E-state index contributed by atoms with van der Waals surface area (Å²) in [5, 5.41) is 0.757. The van der Waals surface area contributed by atoms with Gasteiger partial charge in [0.1, 0.15) is 6.61 Å². The van der Waals surface area contributed by atoms with Crippen molar-refractivity contribution in [1.82, 2.24) is 0 Å². The predicted octanol–water partition coefficient (Wildman–Crippen LogP) is 7.29. The molecular weight excluding hydrogens is 644 g/mol. The Labute approximate surface area is 222 Å². The number of ether oxygens (including phenoxy) is 3. The van der Waals surface area contributed by atoms with Gasteiger partial charge in [0.05, 0.1) is 20.7 Å². The molecule has 0 saturated heterocycles. The third-order valence-electron chi connectivity index (χ3n) is 4.67. The van der Waals surface area contributed by atoms with Gasteiger partial charge in [-0.25, -0.2) is 9.79 Å². The number of rotatable bonds is 6. The van der Waals surface area contributed by atoms with Gasteiger partial charge in [-0.05, 0) is 70.6 Å². The fourth-order valence-corrected chi connectivity index (χ4v) is 4.53. The van der Waals surface area contributed by atoms with E-state index in [1.807, 2.05) is 30.3 Å². The molecule has 0 fully saturated rings. The summed E-state index contributed by atoms with van der Waals surface area (Å²) in [5.74, 6) is 0.769. The largest absolute Gasteiger partial charge is 0.493 e. The van der Waals surface area contributed by atoms with Crippen LogP contribution in [0.4, 0.5) is 0 Å². The predicted molar refractivity (Wildman–Crippen MR) is 141 cm³/mol. The minimum atomic E-state index is -0.556. The van der Waals surface area contributed by atoms with Gasteiger partial charge in [-0.15, -0.1) is 0 Å². The highest BCUT2D eigenvalue weighted by Crippen LogP contribution is 2.36. The van der Waals surface area contributed by atoms with Crippen LogP contribution in [0.5, 0.6) is 11.5 Å². The third kappa shape index (κ3) is 5.54. The Bertz CT molecular complexity index is 1310. The van der Waals surface area contributed by atoms with Crippen molar-refractivity contribution >= 4 is 79.7 Å². The summed E-state index contributed by atoms with van der Waals surface area (Å²) >= 11 is 17.7. The summed E-state index contributed by atoms with van der Waals surface area (Å²) in [7, 11) is 1.57. The van der Waals surface area contributed by atoms with Crippen LogP contribution in [0.1, 0.15) is 16.7 Å². The molecule has 4 rings (SSSR count). The zero-order chi connectivity index (χ0) is 23.5. The molecule has 0 radical (unpaired) electrons. The van der Waals surface area contributed by atoms with E-state index in [1.54, 1.807) is 37.5 Å². The van der Waals surface area contributed by atoms with E-state index >= 15 is 0 Å². The molecule has 0 N–H and O–H groups in total. The Balaban J connectivity index is 1.60. The fraction of sp³-hybridized carbons (Fsp3) is 0.0833. The van der Waals surface area contributed by atoms with Gasteiger partial charge < -0.3 is 14.2 Å². The second kappa shape index (κ2) is 10.5. The van der Waals surface area contributed by atoms with E-state index in [0.29, 0.717) is 33.7 Å². The van der Waals surface area contributed by atoms with Crippen LogP contribution in [0, 0.1) is 3.57 Å². The molecule has 33 heavy (non-hydrogen) atoms. The number of cyclic esters (lactones) is 1. The molecule has 168 valence electrons. The molecule has 1 aliphatic heterocycles. The molecule has 0 spiro atoms. The van der Waals surface area contributed by atoms with E-state index in [2.05, 4.69) is 43.5 Å². The van der Waals surface area contributed by atoms with Gasteiger partial charge in [-0.2, -0.15) is 0 Å². The highest BCUT2D eigenvalue weighted by molar-refractivity contribution is 14.1. The molecule has 1 heterocycles. The maximum atomic E-state index is 12.4. The lowest BCUT2D eigenvalue weighted by Gasteiger charge is -2.14. The Morgan fingerprint density at radius 2 is 1.91 bits per heavy atom. The summed E-state index contributed by atoms with van der Waals surface area (Å²) in [5.41, 5.74) is 2.45. The molecule has 1 aliphatic rings. The topological polar surface area (TPSA) is 57.1 Å². The van der Waals surface area contributed by atoms with Crippen LogP contribution in [0.15, 0.2) is 69.8 Å². The van der Waals surface area contributed by atoms with Gasteiger partial charge in [0.25, 0.3) is 0 Å². The highest BCUT2D eigenvalue weighted by atomic mass is 127. The number of methoxy groups -OCH3 is 1. The van der Waals surface area contributed by atoms with Crippen LogP contribution in [0.3, 0.4) is 0 Å². The molecular formula is C24H15BrCl2INO4. The lowest BCUT2D eigenvalue weighted by Crippen LogP contribution is -2.05. The van der Waals surface area contributed by atoms with Gasteiger partial charge in [0.15, 0.2) is 17.2 Å². The molecule has 0 aromatic heterocycles. The van der Waals surface area contributed by atoms with E-state index in [9.17, 15) is 4.79 Å². The first-order chi connectivity index (χ1) is 15.9. The van der Waals surface area contributed by atoms with Crippen LogP contribution in [-0.2, 0) is 16.1 Å². The van der Waals surface area contributed by atoms with Crippen molar-refractivity contribution in [2.24, 2.45) is 4.99 Å². The van der Waals surface area contributed by atoms with E-state index in [-0.39, 0.29) is 11.6 Å². The van der Waals surface area contributed by atoms with Crippen molar-refractivity contribution in [3.63, 3.8) is 0 Å². The number of esters is 1. The van der Waals surface area contributed by atoms with Gasteiger partial charge in [0, 0.05) is 15.6 Å². The van der Waals surface area contributed by atoms with Crippen LogP contribution < -0.4 is 9.47 Å². The van der Waals surface area contributed by atoms with Crippen LogP contribution in [0.2, 0.25) is 10.0 Å². The Morgan fingerprint density at radius 1 is 1.12 bits per heavy atom. The Morgan fingerprint density at radius 3 is 2.64 bits per heavy atom. The SMILES string of the molecule is COc1cc(/C=C2\N=C(c3ccc(Cl)c(Cl)c3)OC2=O)cc(I)c1OCc1ccccc1Br. The number of aliphatic imine (C=N–C) groups is 1. The number of carbonyl (C=O) groups is 1. The molecule has 3 aromatic carbocycles. The summed E-state index contributed by atoms with van der Waals surface area (Å²) in [6, 6.07) is 16.4. The summed E-state index contributed by atoms with van der Waals surface area (Å²) in [6.45, 7) is 0.373. The Kier molecular flexibility index (Phi) is 7.63. The molecule has 0 saturated carbocycles. The van der Waals surface area contributed by atoms with E-state index in [0.717, 1.165) is 19.2 Å². The Hall–Kier alpha value is -2.07. The first-order valence-corrected chi connectivity index (χ1v) is 12.2. The van der Waals surface area contributed by atoms with Gasteiger partial charge in [-0.3, -0.25) is 0 Å². The van der Waals surface area contributed by atoms with Crippen molar-refractivity contribution in [3.05, 3.63) is 95.1 Å². The molecule has 0 unspecified atom stereocenters. The maximum absolute atomic E-state index is 12.4. The van der Waals surface area contributed by atoms with Crippen LogP contribution >= 0.6 is 61.7 Å². The van der Waals surface area contributed by atoms with E-state index < -0.39 is 5.97 Å². The standard InChI is InChI=1S/C24H15BrCl2INO4/c1-31-21-10-13(8-19(28)22(21)32-12-15-4-2-3-5-16(15)25)9-20-24(30)33-23(29-20)14-6-7-17(26)18(27)11-14/h2-11H,12H2,1H3/b20-9-. The number of hydrogen-bond donors (Lipinski definition) is 0. The molecule has 9 heteroatoms. The second-order valence-electron chi connectivity index (χ2n) is 6.88. The maximum Gasteiger partial charge on any atom is 0.363 e. The van der Waals surface area contributed by atoms with Crippen molar-refractivity contribution in [3.8, 4) is 11.5 Å². The fourth-order valence-electron chi connectivity index (χ4n) is 3.05. The third-order valence-corrected chi connectivity index (χ3v) is 6.99.